The van der Waals surface area contributed by atoms with E-state index < -0.39 is 5.82 Å². The van der Waals surface area contributed by atoms with Gasteiger partial charge in [0.15, 0.2) is 11.0 Å². The van der Waals surface area contributed by atoms with Gasteiger partial charge in [-0.25, -0.2) is 9.37 Å². The number of amides is 1. The number of carbonyl (C=O) groups is 1. The van der Waals surface area contributed by atoms with E-state index >= 15 is 0 Å². The summed E-state index contributed by atoms with van der Waals surface area (Å²) in [7, 11) is 0. The molecule has 0 aliphatic carbocycles. The minimum absolute atomic E-state index is 0.0738. The summed E-state index contributed by atoms with van der Waals surface area (Å²) in [6.07, 6.45) is 2.03. The van der Waals surface area contributed by atoms with Crippen LogP contribution in [0, 0.1) is 5.82 Å². The standard InChI is InChI=1S/C9H9ClFN3O/c1-2-4-9(15)14-7-5(13-4)3-12-8(10)6(7)11/h3-4,13H,2H2,1H3,(H,14,15). The predicted octanol–water partition coefficient (Wildman–Crippen LogP) is 2.02. The molecule has 1 aliphatic rings. The van der Waals surface area contributed by atoms with Gasteiger partial charge in [-0.2, -0.15) is 0 Å². The van der Waals surface area contributed by atoms with E-state index in [1.165, 1.54) is 6.20 Å². The van der Waals surface area contributed by atoms with Crippen molar-refractivity contribution in [1.82, 2.24) is 4.98 Å². The van der Waals surface area contributed by atoms with Crippen LogP contribution in [0.5, 0.6) is 0 Å². The van der Waals surface area contributed by atoms with Crippen molar-refractivity contribution in [1.29, 1.82) is 0 Å². The third-order valence-electron chi connectivity index (χ3n) is 2.28. The Morgan fingerprint density at radius 1 is 1.67 bits per heavy atom. The lowest BCUT2D eigenvalue weighted by molar-refractivity contribution is -0.117. The number of halogens is 2. The molecule has 1 unspecified atom stereocenters. The van der Waals surface area contributed by atoms with Crippen LogP contribution >= 0.6 is 11.6 Å². The molecule has 1 atom stereocenters. The van der Waals surface area contributed by atoms with E-state index in [-0.39, 0.29) is 22.8 Å². The van der Waals surface area contributed by atoms with Gasteiger partial charge >= 0.3 is 0 Å². The molecule has 0 saturated heterocycles. The molecule has 0 bridgehead atoms. The van der Waals surface area contributed by atoms with Crippen molar-refractivity contribution in [3.05, 3.63) is 17.2 Å². The average Bonchev–Trinajstić information content (AvgIpc) is 2.24. The molecule has 80 valence electrons. The molecular formula is C9H9ClFN3O. The van der Waals surface area contributed by atoms with Gasteiger partial charge in [-0.05, 0) is 6.42 Å². The second-order valence-corrected chi connectivity index (χ2v) is 3.60. The van der Waals surface area contributed by atoms with Crippen molar-refractivity contribution in [2.45, 2.75) is 19.4 Å². The molecule has 1 aromatic rings. The number of carbonyl (C=O) groups excluding carboxylic acids is 1. The second kappa shape index (κ2) is 3.66. The van der Waals surface area contributed by atoms with Gasteiger partial charge < -0.3 is 10.6 Å². The summed E-state index contributed by atoms with van der Waals surface area (Å²) in [6.45, 7) is 1.86. The Kier molecular flexibility index (Phi) is 2.48. The highest BCUT2D eigenvalue weighted by Crippen LogP contribution is 2.32. The summed E-state index contributed by atoms with van der Waals surface area (Å²) >= 11 is 5.50. The summed E-state index contributed by atoms with van der Waals surface area (Å²) in [5.41, 5.74) is 0.535. The van der Waals surface area contributed by atoms with Gasteiger partial charge in [0.2, 0.25) is 5.91 Å². The van der Waals surface area contributed by atoms with Crippen molar-refractivity contribution >= 4 is 28.9 Å². The van der Waals surface area contributed by atoms with Crippen LogP contribution in [-0.2, 0) is 4.79 Å². The van der Waals surface area contributed by atoms with Crippen molar-refractivity contribution in [3.63, 3.8) is 0 Å². The van der Waals surface area contributed by atoms with Gasteiger partial charge in [0.25, 0.3) is 0 Å². The van der Waals surface area contributed by atoms with E-state index in [9.17, 15) is 9.18 Å². The third-order valence-corrected chi connectivity index (χ3v) is 2.54. The van der Waals surface area contributed by atoms with Gasteiger partial charge in [0.1, 0.15) is 11.7 Å². The fraction of sp³-hybridized carbons (Fsp3) is 0.333. The highest BCUT2D eigenvalue weighted by Gasteiger charge is 2.27. The van der Waals surface area contributed by atoms with E-state index in [2.05, 4.69) is 15.6 Å². The Balaban J connectivity index is 2.45. The van der Waals surface area contributed by atoms with E-state index in [0.29, 0.717) is 12.1 Å². The van der Waals surface area contributed by atoms with Crippen LogP contribution in [0.1, 0.15) is 13.3 Å². The predicted molar refractivity (Wildman–Crippen MR) is 55.5 cm³/mol. The smallest absolute Gasteiger partial charge is 0.246 e. The lowest BCUT2D eigenvalue weighted by atomic mass is 10.1. The Morgan fingerprint density at radius 2 is 2.40 bits per heavy atom. The molecule has 1 aromatic heterocycles. The number of hydrogen-bond donors (Lipinski definition) is 2. The van der Waals surface area contributed by atoms with E-state index in [0.717, 1.165) is 0 Å². The van der Waals surface area contributed by atoms with Crippen LogP contribution < -0.4 is 10.6 Å². The number of rotatable bonds is 1. The monoisotopic (exact) mass is 229 g/mol. The van der Waals surface area contributed by atoms with Crippen molar-refractivity contribution in [3.8, 4) is 0 Å². The van der Waals surface area contributed by atoms with Crippen LogP contribution in [-0.4, -0.2) is 16.9 Å². The first kappa shape index (κ1) is 10.2. The van der Waals surface area contributed by atoms with Crippen molar-refractivity contribution in [2.24, 2.45) is 0 Å². The number of aromatic nitrogens is 1. The molecule has 0 spiro atoms. The maximum Gasteiger partial charge on any atom is 0.246 e. The van der Waals surface area contributed by atoms with Crippen LogP contribution in [0.15, 0.2) is 6.20 Å². The first-order valence-corrected chi connectivity index (χ1v) is 4.92. The molecule has 1 amide bonds. The van der Waals surface area contributed by atoms with Gasteiger partial charge in [0.05, 0.1) is 11.9 Å². The first-order chi connectivity index (χ1) is 7.13. The molecule has 0 saturated carbocycles. The molecule has 0 aromatic carbocycles. The quantitative estimate of drug-likeness (QED) is 0.725. The Bertz CT molecular complexity index is 424. The summed E-state index contributed by atoms with van der Waals surface area (Å²) < 4.78 is 13.4. The fourth-order valence-electron chi connectivity index (χ4n) is 1.45. The minimum Gasteiger partial charge on any atom is -0.371 e. The van der Waals surface area contributed by atoms with Crippen molar-refractivity contribution in [2.75, 3.05) is 10.6 Å². The molecule has 1 aliphatic heterocycles. The van der Waals surface area contributed by atoms with Gasteiger partial charge in [0, 0.05) is 0 Å². The molecule has 2 rings (SSSR count). The lowest BCUT2D eigenvalue weighted by Gasteiger charge is -2.25. The number of hydrogen-bond acceptors (Lipinski definition) is 3. The Labute approximate surface area is 90.8 Å². The van der Waals surface area contributed by atoms with Crippen LogP contribution in [0.4, 0.5) is 15.8 Å². The summed E-state index contributed by atoms with van der Waals surface area (Å²) in [5, 5.41) is 5.12. The zero-order valence-corrected chi connectivity index (χ0v) is 8.73. The highest BCUT2D eigenvalue weighted by atomic mass is 35.5. The van der Waals surface area contributed by atoms with Crippen molar-refractivity contribution < 1.29 is 9.18 Å². The minimum atomic E-state index is -0.704. The van der Waals surface area contributed by atoms with Gasteiger partial charge in [-0.15, -0.1) is 0 Å². The number of anilines is 2. The zero-order valence-electron chi connectivity index (χ0n) is 7.97. The number of pyridine rings is 1. The first-order valence-electron chi connectivity index (χ1n) is 4.55. The van der Waals surface area contributed by atoms with E-state index in [1.54, 1.807) is 0 Å². The average molecular weight is 230 g/mol. The number of nitrogens with zero attached hydrogens (tertiary/aromatic N) is 1. The summed E-state index contributed by atoms with van der Waals surface area (Å²) in [4.78, 5) is 15.1. The number of fused-ring (bicyclic) bond motifs is 1. The van der Waals surface area contributed by atoms with Crippen LogP contribution in [0.3, 0.4) is 0 Å². The zero-order chi connectivity index (χ0) is 11.0. The van der Waals surface area contributed by atoms with Crippen LogP contribution in [0.25, 0.3) is 0 Å². The normalized spacial score (nSPS) is 19.1. The fourth-order valence-corrected chi connectivity index (χ4v) is 1.59. The maximum atomic E-state index is 13.4. The SMILES string of the molecule is CCC1Nc2cnc(Cl)c(F)c2NC1=O. The number of nitrogens with one attached hydrogen (secondary N) is 2. The molecule has 2 N–H and O–H groups in total. The summed E-state index contributed by atoms with van der Waals surface area (Å²) in [5.74, 6) is -0.962. The Hall–Kier alpha value is -1.36. The van der Waals surface area contributed by atoms with E-state index in [1.807, 2.05) is 6.92 Å². The highest BCUT2D eigenvalue weighted by molar-refractivity contribution is 6.30. The van der Waals surface area contributed by atoms with E-state index in [4.69, 9.17) is 11.6 Å². The Morgan fingerprint density at radius 3 is 3.07 bits per heavy atom. The molecule has 6 heteroatoms. The van der Waals surface area contributed by atoms with Crippen LogP contribution in [0.2, 0.25) is 5.15 Å². The third kappa shape index (κ3) is 1.63. The second-order valence-electron chi connectivity index (χ2n) is 3.25. The topological polar surface area (TPSA) is 54.0 Å². The molecule has 0 radical (unpaired) electrons. The lowest BCUT2D eigenvalue weighted by Crippen LogP contribution is -2.38. The summed E-state index contributed by atoms with van der Waals surface area (Å²) in [6, 6.07) is -0.347. The molecule has 4 nitrogen and oxygen atoms in total. The molecule has 0 fully saturated rings. The van der Waals surface area contributed by atoms with Gasteiger partial charge in [-0.3, -0.25) is 4.79 Å². The maximum absolute atomic E-state index is 13.4. The molecular weight excluding hydrogens is 221 g/mol. The molecule has 15 heavy (non-hydrogen) atoms. The largest absolute Gasteiger partial charge is 0.371 e. The van der Waals surface area contributed by atoms with Gasteiger partial charge in [-0.1, -0.05) is 18.5 Å². The molecule has 2 heterocycles.